The highest BCUT2D eigenvalue weighted by atomic mass is 16.3. The molecular weight excluding hydrogens is 212 g/mol. The topological polar surface area (TPSA) is 28.4 Å². The summed E-state index contributed by atoms with van der Waals surface area (Å²) in [7, 11) is 0. The minimum absolute atomic E-state index is 0.552. The van der Waals surface area contributed by atoms with Crippen LogP contribution in [-0.2, 0) is 6.42 Å². The molecule has 0 aromatic carbocycles. The molecular formula is C14H26N2O. The van der Waals surface area contributed by atoms with E-state index in [2.05, 4.69) is 31.0 Å². The predicted octanol–water partition coefficient (Wildman–Crippen LogP) is 2.53. The van der Waals surface area contributed by atoms with Crippen molar-refractivity contribution in [3.8, 4) is 0 Å². The SMILES string of the molecule is CCN(CC)CCNC(C)CCc1ccco1. The third-order valence-corrected chi connectivity index (χ3v) is 3.22. The van der Waals surface area contributed by atoms with Crippen LogP contribution in [0.1, 0.15) is 33.0 Å². The molecule has 0 aliphatic heterocycles. The maximum Gasteiger partial charge on any atom is 0.103 e. The van der Waals surface area contributed by atoms with Crippen LogP contribution in [0.5, 0.6) is 0 Å². The van der Waals surface area contributed by atoms with Crippen molar-refractivity contribution < 1.29 is 4.42 Å². The molecule has 1 aromatic heterocycles. The molecule has 0 spiro atoms. The fraction of sp³-hybridized carbons (Fsp3) is 0.714. The van der Waals surface area contributed by atoms with Gasteiger partial charge in [0, 0.05) is 25.6 Å². The van der Waals surface area contributed by atoms with E-state index in [1.165, 1.54) is 0 Å². The first-order valence-electron chi connectivity index (χ1n) is 6.74. The Morgan fingerprint density at radius 3 is 2.71 bits per heavy atom. The zero-order valence-electron chi connectivity index (χ0n) is 11.4. The van der Waals surface area contributed by atoms with Crippen molar-refractivity contribution in [2.75, 3.05) is 26.2 Å². The third kappa shape index (κ3) is 5.89. The molecule has 17 heavy (non-hydrogen) atoms. The molecule has 98 valence electrons. The van der Waals surface area contributed by atoms with Crippen molar-refractivity contribution in [2.24, 2.45) is 0 Å². The minimum atomic E-state index is 0.552. The smallest absolute Gasteiger partial charge is 0.103 e. The van der Waals surface area contributed by atoms with Gasteiger partial charge in [-0.15, -0.1) is 0 Å². The van der Waals surface area contributed by atoms with E-state index in [0.29, 0.717) is 6.04 Å². The molecule has 0 bridgehead atoms. The Hall–Kier alpha value is -0.800. The van der Waals surface area contributed by atoms with E-state index in [1.807, 2.05) is 12.1 Å². The Kier molecular flexibility index (Phi) is 6.97. The fourth-order valence-corrected chi connectivity index (χ4v) is 1.92. The molecule has 1 aromatic rings. The van der Waals surface area contributed by atoms with Crippen LogP contribution < -0.4 is 5.32 Å². The van der Waals surface area contributed by atoms with Crippen LogP contribution in [0.25, 0.3) is 0 Å². The van der Waals surface area contributed by atoms with Gasteiger partial charge in [-0.05, 0) is 38.6 Å². The summed E-state index contributed by atoms with van der Waals surface area (Å²) in [4.78, 5) is 2.44. The number of likely N-dealkylation sites (N-methyl/N-ethyl adjacent to an activating group) is 1. The third-order valence-electron chi connectivity index (χ3n) is 3.22. The van der Waals surface area contributed by atoms with Crippen LogP contribution in [0.15, 0.2) is 22.8 Å². The van der Waals surface area contributed by atoms with Gasteiger partial charge in [-0.3, -0.25) is 0 Å². The molecule has 0 radical (unpaired) electrons. The molecule has 0 saturated heterocycles. The maximum absolute atomic E-state index is 5.33. The Bertz CT molecular complexity index is 268. The first-order valence-corrected chi connectivity index (χ1v) is 6.74. The van der Waals surface area contributed by atoms with Gasteiger partial charge in [-0.1, -0.05) is 13.8 Å². The molecule has 3 nitrogen and oxygen atoms in total. The normalized spacial score (nSPS) is 13.2. The van der Waals surface area contributed by atoms with Gasteiger partial charge < -0.3 is 14.6 Å². The molecule has 0 aliphatic carbocycles. The number of nitrogens with zero attached hydrogens (tertiary/aromatic N) is 1. The summed E-state index contributed by atoms with van der Waals surface area (Å²) in [5, 5.41) is 3.56. The maximum atomic E-state index is 5.33. The van der Waals surface area contributed by atoms with E-state index >= 15 is 0 Å². The van der Waals surface area contributed by atoms with Crippen LogP contribution in [0.2, 0.25) is 0 Å². The number of furan rings is 1. The highest BCUT2D eigenvalue weighted by Crippen LogP contribution is 2.05. The van der Waals surface area contributed by atoms with E-state index < -0.39 is 0 Å². The van der Waals surface area contributed by atoms with Crippen molar-refractivity contribution in [3.63, 3.8) is 0 Å². The van der Waals surface area contributed by atoms with Crippen molar-refractivity contribution in [3.05, 3.63) is 24.2 Å². The van der Waals surface area contributed by atoms with Crippen molar-refractivity contribution in [2.45, 2.75) is 39.7 Å². The summed E-state index contributed by atoms with van der Waals surface area (Å²) in [5.74, 6) is 1.09. The Morgan fingerprint density at radius 2 is 2.12 bits per heavy atom. The quantitative estimate of drug-likeness (QED) is 0.716. The highest BCUT2D eigenvalue weighted by molar-refractivity contribution is 4.98. The number of hydrogen-bond acceptors (Lipinski definition) is 3. The second-order valence-corrected chi connectivity index (χ2v) is 4.50. The molecule has 0 aliphatic rings. The van der Waals surface area contributed by atoms with E-state index in [9.17, 15) is 0 Å². The summed E-state index contributed by atoms with van der Waals surface area (Å²) in [6.07, 6.45) is 3.89. The summed E-state index contributed by atoms with van der Waals surface area (Å²) < 4.78 is 5.33. The molecule has 1 atom stereocenters. The molecule has 1 rings (SSSR count). The molecule has 0 fully saturated rings. The van der Waals surface area contributed by atoms with E-state index in [1.54, 1.807) is 6.26 Å². The second kappa shape index (κ2) is 8.31. The molecule has 1 heterocycles. The Morgan fingerprint density at radius 1 is 1.35 bits per heavy atom. The lowest BCUT2D eigenvalue weighted by Crippen LogP contribution is -2.36. The number of rotatable bonds is 9. The van der Waals surface area contributed by atoms with Gasteiger partial charge in [0.25, 0.3) is 0 Å². The lowest BCUT2D eigenvalue weighted by Gasteiger charge is -2.20. The first-order chi connectivity index (χ1) is 8.26. The summed E-state index contributed by atoms with van der Waals surface area (Å²) >= 11 is 0. The molecule has 0 saturated carbocycles. The largest absolute Gasteiger partial charge is 0.469 e. The predicted molar refractivity (Wildman–Crippen MR) is 72.3 cm³/mol. The van der Waals surface area contributed by atoms with Gasteiger partial charge >= 0.3 is 0 Å². The zero-order chi connectivity index (χ0) is 12.5. The van der Waals surface area contributed by atoms with Crippen molar-refractivity contribution >= 4 is 0 Å². The average molecular weight is 238 g/mol. The number of aryl methyl sites for hydroxylation is 1. The van der Waals surface area contributed by atoms with E-state index in [0.717, 1.165) is 44.8 Å². The molecule has 1 N–H and O–H groups in total. The summed E-state index contributed by atoms with van der Waals surface area (Å²) in [6.45, 7) is 11.1. The lowest BCUT2D eigenvalue weighted by molar-refractivity contribution is 0.295. The van der Waals surface area contributed by atoms with Crippen LogP contribution in [0.4, 0.5) is 0 Å². The monoisotopic (exact) mass is 238 g/mol. The van der Waals surface area contributed by atoms with E-state index in [4.69, 9.17) is 4.42 Å². The molecule has 1 unspecified atom stereocenters. The van der Waals surface area contributed by atoms with Crippen LogP contribution >= 0.6 is 0 Å². The van der Waals surface area contributed by atoms with Crippen LogP contribution in [0.3, 0.4) is 0 Å². The number of hydrogen-bond donors (Lipinski definition) is 1. The van der Waals surface area contributed by atoms with Crippen LogP contribution in [-0.4, -0.2) is 37.1 Å². The second-order valence-electron chi connectivity index (χ2n) is 4.50. The Balaban J connectivity index is 2.06. The highest BCUT2D eigenvalue weighted by Gasteiger charge is 2.04. The van der Waals surface area contributed by atoms with Gasteiger partial charge in [-0.25, -0.2) is 0 Å². The lowest BCUT2D eigenvalue weighted by atomic mass is 10.1. The van der Waals surface area contributed by atoms with Crippen molar-refractivity contribution in [1.82, 2.24) is 10.2 Å². The van der Waals surface area contributed by atoms with Crippen molar-refractivity contribution in [1.29, 1.82) is 0 Å². The zero-order valence-corrected chi connectivity index (χ0v) is 11.4. The standard InChI is InChI=1S/C14H26N2O/c1-4-16(5-2)11-10-15-13(3)8-9-14-7-6-12-17-14/h6-7,12-13,15H,4-5,8-11H2,1-3H3. The Labute approximate surface area is 105 Å². The van der Waals surface area contributed by atoms with Gasteiger partial charge in [0.1, 0.15) is 5.76 Å². The van der Waals surface area contributed by atoms with Crippen LogP contribution in [0, 0.1) is 0 Å². The van der Waals surface area contributed by atoms with Gasteiger partial charge in [0.15, 0.2) is 0 Å². The fourth-order valence-electron chi connectivity index (χ4n) is 1.92. The molecule has 3 heteroatoms. The van der Waals surface area contributed by atoms with Gasteiger partial charge in [0.2, 0.25) is 0 Å². The van der Waals surface area contributed by atoms with Gasteiger partial charge in [-0.2, -0.15) is 0 Å². The average Bonchev–Trinajstić information content (AvgIpc) is 2.85. The van der Waals surface area contributed by atoms with Gasteiger partial charge in [0.05, 0.1) is 6.26 Å². The molecule has 0 amide bonds. The summed E-state index contributed by atoms with van der Waals surface area (Å²) in [6, 6.07) is 4.55. The first kappa shape index (κ1) is 14.3. The summed E-state index contributed by atoms with van der Waals surface area (Å²) in [5.41, 5.74) is 0. The van der Waals surface area contributed by atoms with E-state index in [-0.39, 0.29) is 0 Å². The minimum Gasteiger partial charge on any atom is -0.469 e. The number of nitrogens with one attached hydrogen (secondary N) is 1.